The summed E-state index contributed by atoms with van der Waals surface area (Å²) >= 11 is 0. The van der Waals surface area contributed by atoms with E-state index in [9.17, 15) is 5.11 Å². The molecule has 19 heavy (non-hydrogen) atoms. The first kappa shape index (κ1) is 15.3. The number of piperidine rings is 1. The van der Waals surface area contributed by atoms with Gasteiger partial charge in [0.25, 0.3) is 0 Å². The van der Waals surface area contributed by atoms with E-state index in [-0.39, 0.29) is 0 Å². The highest BCUT2D eigenvalue weighted by Crippen LogP contribution is 2.33. The average Bonchev–Trinajstić information content (AvgIpc) is 2.62. The van der Waals surface area contributed by atoms with Crippen LogP contribution in [0.25, 0.3) is 0 Å². The third kappa shape index (κ3) is 3.71. The molecular weight excluding hydrogens is 236 g/mol. The molecule has 2 aliphatic rings. The molecule has 0 aromatic carbocycles. The van der Waals surface area contributed by atoms with Gasteiger partial charge in [0, 0.05) is 18.6 Å². The lowest BCUT2D eigenvalue weighted by Crippen LogP contribution is -2.54. The summed E-state index contributed by atoms with van der Waals surface area (Å²) in [4.78, 5) is 2.51. The van der Waals surface area contributed by atoms with Crippen molar-refractivity contribution < 1.29 is 5.11 Å². The van der Waals surface area contributed by atoms with Crippen LogP contribution in [0.15, 0.2) is 0 Å². The summed E-state index contributed by atoms with van der Waals surface area (Å²) in [5.41, 5.74) is -0.475. The molecule has 2 rings (SSSR count). The Morgan fingerprint density at radius 1 is 1.32 bits per heavy atom. The molecule has 3 heteroatoms. The number of rotatable bonds is 3. The molecule has 0 aliphatic carbocycles. The number of aliphatic hydroxyl groups is 1. The molecule has 0 spiro atoms. The Labute approximate surface area is 118 Å². The van der Waals surface area contributed by atoms with Crippen LogP contribution in [-0.4, -0.2) is 47.3 Å². The number of hydrogen-bond donors (Lipinski definition) is 2. The van der Waals surface area contributed by atoms with E-state index in [0.717, 1.165) is 51.2 Å². The average molecular weight is 268 g/mol. The minimum Gasteiger partial charge on any atom is -0.388 e. The molecule has 0 saturated carbocycles. The van der Waals surface area contributed by atoms with Crippen LogP contribution < -0.4 is 5.32 Å². The fourth-order valence-corrected chi connectivity index (χ4v) is 3.80. The predicted octanol–water partition coefficient (Wildman–Crippen LogP) is 2.39. The van der Waals surface area contributed by atoms with Gasteiger partial charge in [-0.2, -0.15) is 0 Å². The van der Waals surface area contributed by atoms with Crippen molar-refractivity contribution in [1.29, 1.82) is 0 Å². The Morgan fingerprint density at radius 2 is 2.11 bits per heavy atom. The molecule has 112 valence electrons. The second-order valence-electron chi connectivity index (χ2n) is 6.89. The summed E-state index contributed by atoms with van der Waals surface area (Å²) in [7, 11) is 0. The van der Waals surface area contributed by atoms with Gasteiger partial charge in [-0.3, -0.25) is 0 Å². The van der Waals surface area contributed by atoms with E-state index in [1.54, 1.807) is 0 Å². The van der Waals surface area contributed by atoms with Crippen LogP contribution in [0.4, 0.5) is 0 Å². The van der Waals surface area contributed by atoms with Crippen LogP contribution in [0.5, 0.6) is 0 Å². The quantitative estimate of drug-likeness (QED) is 0.825. The third-order valence-electron chi connectivity index (χ3n) is 5.36. The normalized spacial score (nSPS) is 38.4. The summed E-state index contributed by atoms with van der Waals surface area (Å²) in [5.74, 6) is 0.805. The summed E-state index contributed by atoms with van der Waals surface area (Å²) < 4.78 is 0. The molecular formula is C16H32N2O. The standard InChI is InChI=1S/C16H32N2O/c1-4-14-6-9-17-15(12-14)16(19)7-5-10-18(11-8-16)13(2)3/h13-15,17,19H,4-12H2,1-3H3. The second kappa shape index (κ2) is 6.55. The first-order chi connectivity index (χ1) is 9.05. The maximum absolute atomic E-state index is 11.1. The number of nitrogens with one attached hydrogen (secondary N) is 1. The molecule has 2 fully saturated rings. The smallest absolute Gasteiger partial charge is 0.0812 e. The Balaban J connectivity index is 1.97. The van der Waals surface area contributed by atoms with E-state index < -0.39 is 5.60 Å². The Bertz CT molecular complexity index is 282. The van der Waals surface area contributed by atoms with Gasteiger partial charge in [0.05, 0.1) is 5.60 Å². The SMILES string of the molecule is CCC1CCNC(C2(O)CCCN(C(C)C)CC2)C1. The van der Waals surface area contributed by atoms with Crippen molar-refractivity contribution in [1.82, 2.24) is 10.2 Å². The molecule has 0 bridgehead atoms. The molecule has 3 nitrogen and oxygen atoms in total. The van der Waals surface area contributed by atoms with Gasteiger partial charge in [-0.05, 0) is 65.0 Å². The number of nitrogens with zero attached hydrogens (tertiary/aromatic N) is 1. The van der Waals surface area contributed by atoms with Gasteiger partial charge in [0.1, 0.15) is 0 Å². The van der Waals surface area contributed by atoms with Crippen LogP contribution in [0, 0.1) is 5.92 Å². The zero-order valence-electron chi connectivity index (χ0n) is 13.0. The zero-order valence-corrected chi connectivity index (χ0v) is 13.0. The fraction of sp³-hybridized carbons (Fsp3) is 1.00. The number of likely N-dealkylation sites (tertiary alicyclic amines) is 1. The van der Waals surface area contributed by atoms with E-state index in [0.29, 0.717) is 12.1 Å². The largest absolute Gasteiger partial charge is 0.388 e. The Hall–Kier alpha value is -0.120. The number of hydrogen-bond acceptors (Lipinski definition) is 3. The summed E-state index contributed by atoms with van der Waals surface area (Å²) in [6.45, 7) is 10.1. The summed E-state index contributed by atoms with van der Waals surface area (Å²) in [6, 6.07) is 0.920. The van der Waals surface area contributed by atoms with Crippen LogP contribution in [-0.2, 0) is 0 Å². The van der Waals surface area contributed by atoms with Gasteiger partial charge < -0.3 is 15.3 Å². The van der Waals surface area contributed by atoms with Gasteiger partial charge >= 0.3 is 0 Å². The minimum atomic E-state index is -0.475. The van der Waals surface area contributed by atoms with Crippen molar-refractivity contribution in [2.75, 3.05) is 19.6 Å². The molecule has 2 heterocycles. The molecule has 2 aliphatic heterocycles. The lowest BCUT2D eigenvalue weighted by Gasteiger charge is -2.41. The van der Waals surface area contributed by atoms with Gasteiger partial charge in [-0.1, -0.05) is 13.3 Å². The first-order valence-electron chi connectivity index (χ1n) is 8.25. The Kier molecular flexibility index (Phi) is 5.27. The Morgan fingerprint density at radius 3 is 2.79 bits per heavy atom. The van der Waals surface area contributed by atoms with Crippen LogP contribution in [0.2, 0.25) is 0 Å². The molecule has 3 unspecified atom stereocenters. The summed E-state index contributed by atoms with van der Waals surface area (Å²) in [6.07, 6.45) is 6.72. The highest BCUT2D eigenvalue weighted by atomic mass is 16.3. The highest BCUT2D eigenvalue weighted by molar-refractivity contribution is 4.97. The van der Waals surface area contributed by atoms with Gasteiger partial charge in [-0.25, -0.2) is 0 Å². The van der Waals surface area contributed by atoms with Gasteiger partial charge in [0.2, 0.25) is 0 Å². The first-order valence-corrected chi connectivity index (χ1v) is 8.25. The molecule has 2 N–H and O–H groups in total. The molecule has 3 atom stereocenters. The minimum absolute atomic E-state index is 0.318. The van der Waals surface area contributed by atoms with Gasteiger partial charge in [0.15, 0.2) is 0 Å². The lowest BCUT2D eigenvalue weighted by atomic mass is 9.78. The lowest BCUT2D eigenvalue weighted by molar-refractivity contribution is -0.0272. The zero-order chi connectivity index (χ0) is 13.9. The van der Waals surface area contributed by atoms with Crippen molar-refractivity contribution in [3.63, 3.8) is 0 Å². The van der Waals surface area contributed by atoms with E-state index >= 15 is 0 Å². The van der Waals surface area contributed by atoms with E-state index in [1.165, 1.54) is 12.8 Å². The maximum atomic E-state index is 11.1. The highest BCUT2D eigenvalue weighted by Gasteiger charge is 2.40. The van der Waals surface area contributed by atoms with Crippen LogP contribution in [0.3, 0.4) is 0 Å². The van der Waals surface area contributed by atoms with E-state index in [1.807, 2.05) is 0 Å². The van der Waals surface area contributed by atoms with Crippen molar-refractivity contribution in [3.8, 4) is 0 Å². The van der Waals surface area contributed by atoms with E-state index in [2.05, 4.69) is 31.0 Å². The molecule has 0 amide bonds. The van der Waals surface area contributed by atoms with Crippen LogP contribution in [0.1, 0.15) is 59.3 Å². The molecule has 0 radical (unpaired) electrons. The van der Waals surface area contributed by atoms with Crippen LogP contribution >= 0.6 is 0 Å². The molecule has 0 aromatic rings. The van der Waals surface area contributed by atoms with Crippen molar-refractivity contribution in [2.24, 2.45) is 5.92 Å². The maximum Gasteiger partial charge on any atom is 0.0812 e. The fourth-order valence-electron chi connectivity index (χ4n) is 3.80. The van der Waals surface area contributed by atoms with E-state index in [4.69, 9.17) is 0 Å². The summed E-state index contributed by atoms with van der Waals surface area (Å²) in [5, 5.41) is 14.7. The van der Waals surface area contributed by atoms with Crippen molar-refractivity contribution in [3.05, 3.63) is 0 Å². The molecule has 0 aromatic heterocycles. The third-order valence-corrected chi connectivity index (χ3v) is 5.36. The molecule has 2 saturated heterocycles. The second-order valence-corrected chi connectivity index (χ2v) is 6.89. The topological polar surface area (TPSA) is 35.5 Å². The van der Waals surface area contributed by atoms with Crippen molar-refractivity contribution in [2.45, 2.75) is 77.0 Å². The van der Waals surface area contributed by atoms with Gasteiger partial charge in [-0.15, -0.1) is 0 Å². The predicted molar refractivity (Wildman–Crippen MR) is 80.3 cm³/mol. The monoisotopic (exact) mass is 268 g/mol. The van der Waals surface area contributed by atoms with Crippen molar-refractivity contribution >= 4 is 0 Å².